The molecule has 0 aliphatic rings. The Kier molecular flexibility index (Phi) is 3.13. The van der Waals surface area contributed by atoms with Gasteiger partial charge in [-0.1, -0.05) is 39.7 Å². The summed E-state index contributed by atoms with van der Waals surface area (Å²) in [6, 6.07) is 6.78. The zero-order valence-corrected chi connectivity index (χ0v) is 8.99. The molecule has 0 fully saturated rings. The van der Waals surface area contributed by atoms with E-state index < -0.39 is 5.67 Å². The summed E-state index contributed by atoms with van der Waals surface area (Å²) in [4.78, 5) is 0. The molecule has 1 atom stereocenters. The second kappa shape index (κ2) is 3.75. The predicted octanol–water partition coefficient (Wildman–Crippen LogP) is 3.92. The molecule has 12 heavy (non-hydrogen) atoms. The molecule has 1 aromatic carbocycles. The van der Waals surface area contributed by atoms with Crippen LogP contribution in [0.5, 0.6) is 0 Å². The van der Waals surface area contributed by atoms with Crippen LogP contribution in [0.2, 0.25) is 5.02 Å². The van der Waals surface area contributed by atoms with Crippen LogP contribution >= 0.6 is 27.5 Å². The minimum atomic E-state index is -1.31. The zero-order valence-electron chi connectivity index (χ0n) is 6.65. The van der Waals surface area contributed by atoms with Crippen molar-refractivity contribution in [1.29, 1.82) is 0 Å². The highest BCUT2D eigenvalue weighted by molar-refractivity contribution is 9.09. The number of halogens is 3. The summed E-state index contributed by atoms with van der Waals surface area (Å²) in [5.74, 6) is 0. The SMILES string of the molecule is CC(F)(CBr)c1ccc(Cl)cc1. The van der Waals surface area contributed by atoms with Gasteiger partial charge in [0, 0.05) is 10.4 Å². The van der Waals surface area contributed by atoms with Crippen molar-refractivity contribution in [3.05, 3.63) is 34.9 Å². The molecule has 0 aliphatic heterocycles. The van der Waals surface area contributed by atoms with Crippen molar-refractivity contribution in [3.8, 4) is 0 Å². The summed E-state index contributed by atoms with van der Waals surface area (Å²) < 4.78 is 13.6. The highest BCUT2D eigenvalue weighted by Crippen LogP contribution is 2.28. The molecule has 0 radical (unpaired) electrons. The van der Waals surface area contributed by atoms with E-state index in [4.69, 9.17) is 11.6 Å². The smallest absolute Gasteiger partial charge is 0.142 e. The zero-order chi connectivity index (χ0) is 9.19. The topological polar surface area (TPSA) is 0 Å². The third kappa shape index (κ3) is 2.20. The molecule has 0 saturated heterocycles. The van der Waals surface area contributed by atoms with Gasteiger partial charge in [-0.25, -0.2) is 4.39 Å². The molecule has 0 bridgehead atoms. The molecule has 3 heteroatoms. The van der Waals surface area contributed by atoms with E-state index in [0.29, 0.717) is 15.9 Å². The number of hydrogen-bond donors (Lipinski definition) is 0. The van der Waals surface area contributed by atoms with Gasteiger partial charge in [0.15, 0.2) is 0 Å². The van der Waals surface area contributed by atoms with Crippen molar-refractivity contribution in [3.63, 3.8) is 0 Å². The van der Waals surface area contributed by atoms with Crippen LogP contribution in [0.15, 0.2) is 24.3 Å². The molecule has 1 rings (SSSR count). The van der Waals surface area contributed by atoms with E-state index in [-0.39, 0.29) is 0 Å². The first-order chi connectivity index (χ1) is 5.56. The van der Waals surface area contributed by atoms with Crippen LogP contribution in [-0.2, 0) is 5.67 Å². The van der Waals surface area contributed by atoms with Gasteiger partial charge >= 0.3 is 0 Å². The second-order valence-electron chi connectivity index (χ2n) is 2.84. The van der Waals surface area contributed by atoms with Crippen molar-refractivity contribution in [1.82, 2.24) is 0 Å². The monoisotopic (exact) mass is 250 g/mol. The summed E-state index contributed by atoms with van der Waals surface area (Å²) >= 11 is 8.79. The standard InChI is InChI=1S/C9H9BrClF/c1-9(12,6-10)7-2-4-8(11)5-3-7/h2-5H,6H2,1H3. The Morgan fingerprint density at radius 2 is 1.92 bits per heavy atom. The van der Waals surface area contributed by atoms with Gasteiger partial charge in [-0.05, 0) is 24.6 Å². The summed E-state index contributed by atoms with van der Waals surface area (Å²) in [6.07, 6.45) is 0. The van der Waals surface area contributed by atoms with Crippen molar-refractivity contribution >= 4 is 27.5 Å². The van der Waals surface area contributed by atoms with E-state index in [2.05, 4.69) is 15.9 Å². The minimum Gasteiger partial charge on any atom is -0.238 e. The average molecular weight is 252 g/mol. The first-order valence-electron chi connectivity index (χ1n) is 3.57. The van der Waals surface area contributed by atoms with Crippen LogP contribution in [-0.4, -0.2) is 5.33 Å². The number of hydrogen-bond acceptors (Lipinski definition) is 0. The highest BCUT2D eigenvalue weighted by Gasteiger charge is 2.23. The van der Waals surface area contributed by atoms with Gasteiger partial charge < -0.3 is 0 Å². The van der Waals surface area contributed by atoms with Gasteiger partial charge in [-0.2, -0.15) is 0 Å². The summed E-state index contributed by atoms with van der Waals surface area (Å²) in [5, 5.41) is 0.922. The van der Waals surface area contributed by atoms with Crippen LogP contribution in [0.1, 0.15) is 12.5 Å². The predicted molar refractivity (Wildman–Crippen MR) is 53.7 cm³/mol. The number of rotatable bonds is 2. The van der Waals surface area contributed by atoms with Gasteiger partial charge in [0.05, 0.1) is 0 Å². The maximum atomic E-state index is 13.6. The lowest BCUT2D eigenvalue weighted by molar-refractivity contribution is 0.230. The van der Waals surface area contributed by atoms with Crippen LogP contribution in [0.3, 0.4) is 0 Å². The minimum absolute atomic E-state index is 0.293. The summed E-state index contributed by atoms with van der Waals surface area (Å²) in [6.45, 7) is 1.53. The maximum absolute atomic E-state index is 13.6. The van der Waals surface area contributed by atoms with Gasteiger partial charge in [0.2, 0.25) is 0 Å². The molecule has 1 unspecified atom stereocenters. The maximum Gasteiger partial charge on any atom is 0.142 e. The van der Waals surface area contributed by atoms with Gasteiger partial charge in [-0.15, -0.1) is 0 Å². The first-order valence-corrected chi connectivity index (χ1v) is 5.07. The van der Waals surface area contributed by atoms with Crippen molar-refractivity contribution in [2.45, 2.75) is 12.6 Å². The van der Waals surface area contributed by atoms with E-state index in [1.165, 1.54) is 6.92 Å². The molecule has 0 heterocycles. The fourth-order valence-electron chi connectivity index (χ4n) is 0.875. The lowest BCUT2D eigenvalue weighted by Crippen LogP contribution is -2.16. The number of alkyl halides is 2. The van der Waals surface area contributed by atoms with Gasteiger partial charge in [0.1, 0.15) is 5.67 Å². The Bertz CT molecular complexity index is 256. The van der Waals surface area contributed by atoms with E-state index in [1.54, 1.807) is 24.3 Å². The van der Waals surface area contributed by atoms with Gasteiger partial charge in [0.25, 0.3) is 0 Å². The molecular weight excluding hydrogens is 242 g/mol. The normalized spacial score (nSPS) is 15.7. The Balaban J connectivity index is 2.96. The quantitative estimate of drug-likeness (QED) is 0.699. The number of benzene rings is 1. The third-order valence-corrected chi connectivity index (χ3v) is 3.00. The van der Waals surface area contributed by atoms with Crippen molar-refractivity contribution in [2.24, 2.45) is 0 Å². The molecular formula is C9H9BrClF. The molecule has 0 spiro atoms. The van der Waals surface area contributed by atoms with E-state index >= 15 is 0 Å². The molecule has 0 aliphatic carbocycles. The third-order valence-electron chi connectivity index (χ3n) is 1.70. The molecule has 66 valence electrons. The first kappa shape index (κ1) is 10.0. The fourth-order valence-corrected chi connectivity index (χ4v) is 1.32. The van der Waals surface area contributed by atoms with Crippen LogP contribution in [0, 0.1) is 0 Å². The largest absolute Gasteiger partial charge is 0.238 e. The second-order valence-corrected chi connectivity index (χ2v) is 3.84. The summed E-state index contributed by atoms with van der Waals surface area (Å²) in [5.41, 5.74) is -0.673. The van der Waals surface area contributed by atoms with Crippen LogP contribution < -0.4 is 0 Å². The van der Waals surface area contributed by atoms with Crippen LogP contribution in [0.4, 0.5) is 4.39 Å². The van der Waals surface area contributed by atoms with E-state index in [1.807, 2.05) is 0 Å². The average Bonchev–Trinajstić information content (AvgIpc) is 2.05. The molecule has 0 nitrogen and oxygen atoms in total. The molecule has 1 aromatic rings. The highest BCUT2D eigenvalue weighted by atomic mass is 79.9. The Morgan fingerprint density at radius 3 is 2.33 bits per heavy atom. The van der Waals surface area contributed by atoms with Crippen molar-refractivity contribution < 1.29 is 4.39 Å². The molecule has 0 N–H and O–H groups in total. The molecule has 0 amide bonds. The van der Waals surface area contributed by atoms with E-state index in [9.17, 15) is 4.39 Å². The molecule has 0 saturated carbocycles. The summed E-state index contributed by atoms with van der Waals surface area (Å²) in [7, 11) is 0. The fraction of sp³-hybridized carbons (Fsp3) is 0.333. The van der Waals surface area contributed by atoms with E-state index in [0.717, 1.165) is 0 Å². The lowest BCUT2D eigenvalue weighted by atomic mass is 10.0. The Labute approximate surface area is 84.9 Å². The lowest BCUT2D eigenvalue weighted by Gasteiger charge is -2.17. The molecule has 0 aromatic heterocycles. The van der Waals surface area contributed by atoms with Crippen LogP contribution in [0.25, 0.3) is 0 Å². The van der Waals surface area contributed by atoms with Crippen molar-refractivity contribution in [2.75, 3.05) is 5.33 Å². The Hall–Kier alpha value is -0.0800. The van der Waals surface area contributed by atoms with Gasteiger partial charge in [-0.3, -0.25) is 0 Å². The Morgan fingerprint density at radius 1 is 1.42 bits per heavy atom.